The largest absolute Gasteiger partial charge is 0.472 e. The number of rotatable bonds is 40. The first kappa shape index (κ1) is 61.9. The number of ether oxygens (including phenoxy) is 2. The molecule has 0 aromatic rings. The van der Waals surface area contributed by atoms with Crippen molar-refractivity contribution >= 4 is 27.6 Å². The van der Waals surface area contributed by atoms with E-state index in [0.29, 0.717) is 19.3 Å². The van der Waals surface area contributed by atoms with Gasteiger partial charge in [0.15, 0.2) is 6.10 Å². The molecule has 384 valence electrons. The van der Waals surface area contributed by atoms with E-state index < -0.39 is 89.6 Å². The summed E-state index contributed by atoms with van der Waals surface area (Å²) in [7, 11) is -10.7. The number of carbonyl (C=O) groups is 2. The number of allylic oxidation sites excluding steroid dienone is 6. The Morgan fingerprint density at radius 2 is 1.06 bits per heavy atom. The summed E-state index contributed by atoms with van der Waals surface area (Å²) in [5.74, 6) is -1.26. The van der Waals surface area contributed by atoms with Crippen LogP contribution in [0.5, 0.6) is 0 Å². The zero-order chi connectivity index (χ0) is 49.1. The van der Waals surface area contributed by atoms with Crippen LogP contribution in [0, 0.1) is 0 Å². The smallest absolute Gasteiger partial charge is 0.462 e. The van der Waals surface area contributed by atoms with Gasteiger partial charge in [-0.25, -0.2) is 9.13 Å². The highest BCUT2D eigenvalue weighted by Gasteiger charge is 2.54. The highest BCUT2D eigenvalue weighted by Crippen LogP contribution is 2.49. The van der Waals surface area contributed by atoms with Gasteiger partial charge in [-0.1, -0.05) is 146 Å². The van der Waals surface area contributed by atoms with Crippen LogP contribution in [0.4, 0.5) is 0 Å². The summed E-state index contributed by atoms with van der Waals surface area (Å²) in [5.41, 5.74) is 0. The molecule has 1 aliphatic rings. The molecule has 1 saturated carbocycles. The Morgan fingerprint density at radius 1 is 0.561 bits per heavy atom. The second kappa shape index (κ2) is 37.8. The molecule has 17 nitrogen and oxygen atoms in total. The minimum Gasteiger partial charge on any atom is -0.462 e. The van der Waals surface area contributed by atoms with Gasteiger partial charge >= 0.3 is 27.6 Å². The van der Waals surface area contributed by atoms with Crippen molar-refractivity contribution in [2.45, 2.75) is 223 Å². The first-order chi connectivity index (χ1) is 31.5. The van der Waals surface area contributed by atoms with Crippen molar-refractivity contribution in [3.05, 3.63) is 48.6 Å². The van der Waals surface area contributed by atoms with Gasteiger partial charge in [-0.2, -0.15) is 0 Å². The van der Waals surface area contributed by atoms with Crippen LogP contribution in [0.1, 0.15) is 174 Å². The standard InChI is InChI=1S/C47H84O17P2/c1-3-5-7-8-9-10-11-12-13-14-15-16-17-20-23-26-30-34-40(49)60-36-39(62-41(50)35-31-27-24-21-18-19-22-25-29-33-38(48)32-28-6-4-2)37-61-66(58,59)64-47-44(53)42(51)43(52)46(45(47)54)63-65(55,56)57/h6,12-13,22,25,28-29,33,38-39,42-48,51-54H,3-5,7-11,14-21,23-24,26-27,30-32,34-37H2,1-2H3,(H,58,59)(H2,55,56,57)/b13-12-,25-22+,28-6+,33-29+/t38?,39-,42?,43?,44?,45?,46-,47+/m1/s1. The monoisotopic (exact) mass is 983 g/mol. The lowest BCUT2D eigenvalue weighted by atomic mass is 9.85. The fourth-order valence-electron chi connectivity index (χ4n) is 7.17. The van der Waals surface area contributed by atoms with Crippen molar-refractivity contribution in [1.29, 1.82) is 0 Å². The Balaban J connectivity index is 2.60. The molecular formula is C47H84O17P2. The van der Waals surface area contributed by atoms with Crippen LogP contribution >= 0.6 is 15.6 Å². The fourth-order valence-corrected chi connectivity index (χ4v) is 8.71. The van der Waals surface area contributed by atoms with Gasteiger partial charge in [-0.05, 0) is 64.2 Å². The Hall–Kier alpha value is -2.08. The van der Waals surface area contributed by atoms with Crippen molar-refractivity contribution < 1.29 is 82.0 Å². The van der Waals surface area contributed by atoms with Gasteiger partial charge < -0.3 is 49.7 Å². The lowest BCUT2D eigenvalue weighted by Gasteiger charge is -2.43. The van der Waals surface area contributed by atoms with E-state index in [9.17, 15) is 58.9 Å². The van der Waals surface area contributed by atoms with Crippen molar-refractivity contribution in [3.63, 3.8) is 0 Å². The highest BCUT2D eigenvalue weighted by molar-refractivity contribution is 7.47. The Morgan fingerprint density at radius 3 is 1.61 bits per heavy atom. The molecule has 8 N–H and O–H groups in total. The van der Waals surface area contributed by atoms with Gasteiger partial charge in [-0.3, -0.25) is 23.2 Å². The van der Waals surface area contributed by atoms with E-state index in [1.807, 2.05) is 37.3 Å². The Bertz CT molecular complexity index is 1480. The molecule has 6 unspecified atom stereocenters. The summed E-state index contributed by atoms with van der Waals surface area (Å²) in [5, 5.41) is 51.1. The van der Waals surface area contributed by atoms with E-state index in [2.05, 4.69) is 23.6 Å². The summed E-state index contributed by atoms with van der Waals surface area (Å²) in [6.07, 6.45) is 23.9. The molecule has 66 heavy (non-hydrogen) atoms. The quantitative estimate of drug-likeness (QED) is 0.00943. The molecule has 0 amide bonds. The van der Waals surface area contributed by atoms with Gasteiger partial charge in [0.05, 0.1) is 12.7 Å². The lowest BCUT2D eigenvalue weighted by Crippen LogP contribution is -2.64. The molecule has 0 saturated heterocycles. The maximum absolute atomic E-state index is 13.0. The molecular weight excluding hydrogens is 898 g/mol. The van der Waals surface area contributed by atoms with Gasteiger partial charge in [0, 0.05) is 12.8 Å². The molecule has 0 aromatic heterocycles. The van der Waals surface area contributed by atoms with Crippen LogP contribution in [-0.2, 0) is 41.8 Å². The van der Waals surface area contributed by atoms with Crippen LogP contribution < -0.4 is 0 Å². The van der Waals surface area contributed by atoms with E-state index in [0.717, 1.165) is 89.9 Å². The SMILES string of the molecule is CC/C=C/CC(O)/C=C/C=C/CCCCCCCC(=O)O[C@H](COC(=O)CCCCCCCCC/C=C\CCCCCCCC)COP(=O)(O)O[C@H]1C(O)C(O)C(O)[C@@H](OP(=O)(O)O)C1O. The number of hydrogen-bond donors (Lipinski definition) is 8. The third-order valence-electron chi connectivity index (χ3n) is 11.0. The van der Waals surface area contributed by atoms with Crippen LogP contribution in [-0.4, -0.2) is 114 Å². The van der Waals surface area contributed by atoms with Gasteiger partial charge in [0.25, 0.3) is 0 Å². The van der Waals surface area contributed by atoms with E-state index in [-0.39, 0.29) is 12.8 Å². The average Bonchev–Trinajstić information content (AvgIpc) is 3.26. The zero-order valence-electron chi connectivity index (χ0n) is 39.5. The van der Waals surface area contributed by atoms with Crippen molar-refractivity contribution in [2.75, 3.05) is 13.2 Å². The van der Waals surface area contributed by atoms with Crippen molar-refractivity contribution in [3.8, 4) is 0 Å². The predicted molar refractivity (Wildman–Crippen MR) is 252 cm³/mol. The van der Waals surface area contributed by atoms with E-state index in [1.54, 1.807) is 6.08 Å². The number of unbranched alkanes of at least 4 members (excludes halogenated alkanes) is 18. The molecule has 0 spiro atoms. The average molecular weight is 983 g/mol. The zero-order valence-corrected chi connectivity index (χ0v) is 41.3. The maximum Gasteiger partial charge on any atom is 0.472 e. The first-order valence-corrected chi connectivity index (χ1v) is 27.3. The van der Waals surface area contributed by atoms with Crippen LogP contribution in [0.15, 0.2) is 48.6 Å². The van der Waals surface area contributed by atoms with Crippen LogP contribution in [0.25, 0.3) is 0 Å². The Kier molecular flexibility index (Phi) is 35.4. The van der Waals surface area contributed by atoms with Gasteiger partial charge in [-0.15, -0.1) is 0 Å². The van der Waals surface area contributed by atoms with E-state index >= 15 is 0 Å². The molecule has 0 radical (unpaired) electrons. The summed E-state index contributed by atoms with van der Waals surface area (Å²) in [6, 6.07) is 0. The summed E-state index contributed by atoms with van der Waals surface area (Å²) >= 11 is 0. The first-order valence-electron chi connectivity index (χ1n) is 24.3. The van der Waals surface area contributed by atoms with Crippen molar-refractivity contribution in [2.24, 2.45) is 0 Å². The number of phosphoric acid groups is 2. The molecule has 9 atom stereocenters. The number of aliphatic hydroxyl groups excluding tert-OH is 5. The second-order valence-electron chi connectivity index (χ2n) is 17.0. The van der Waals surface area contributed by atoms with Crippen LogP contribution in [0.2, 0.25) is 0 Å². The lowest BCUT2D eigenvalue weighted by molar-refractivity contribution is -0.216. The predicted octanol–water partition coefficient (Wildman–Crippen LogP) is 8.26. The van der Waals surface area contributed by atoms with E-state index in [1.165, 1.54) is 38.5 Å². The molecule has 0 aliphatic heterocycles. The number of esters is 2. The van der Waals surface area contributed by atoms with E-state index in [4.69, 9.17) is 18.5 Å². The minimum absolute atomic E-state index is 0.00418. The van der Waals surface area contributed by atoms with Gasteiger partial charge in [0.2, 0.25) is 0 Å². The molecule has 19 heteroatoms. The number of hydrogen-bond acceptors (Lipinski definition) is 14. The molecule has 0 aromatic carbocycles. The second-order valence-corrected chi connectivity index (χ2v) is 19.6. The number of aliphatic hydroxyl groups is 5. The topological polar surface area (TPSA) is 276 Å². The summed E-state index contributed by atoms with van der Waals surface area (Å²) in [6.45, 7) is 2.87. The summed E-state index contributed by atoms with van der Waals surface area (Å²) in [4.78, 5) is 54.3. The molecule has 1 aliphatic carbocycles. The maximum atomic E-state index is 13.0. The number of carbonyl (C=O) groups excluding carboxylic acids is 2. The molecule has 0 bridgehead atoms. The van der Waals surface area contributed by atoms with Crippen LogP contribution in [0.3, 0.4) is 0 Å². The van der Waals surface area contributed by atoms with Crippen molar-refractivity contribution in [1.82, 2.24) is 0 Å². The normalized spacial score (nSPS) is 22.4. The molecule has 1 rings (SSSR count). The molecule has 1 fully saturated rings. The summed E-state index contributed by atoms with van der Waals surface area (Å²) < 4.78 is 49.3. The number of phosphoric ester groups is 2. The Labute approximate surface area is 393 Å². The fraction of sp³-hybridized carbons (Fsp3) is 0.787. The third kappa shape index (κ3) is 31.9. The third-order valence-corrected chi connectivity index (χ3v) is 12.5. The molecule has 0 heterocycles. The highest BCUT2D eigenvalue weighted by atomic mass is 31.2. The van der Waals surface area contributed by atoms with Gasteiger partial charge in [0.1, 0.15) is 43.2 Å². The minimum atomic E-state index is -5.37.